The molecular formula is C13H25NO. The van der Waals surface area contributed by atoms with Crippen molar-refractivity contribution in [1.82, 2.24) is 5.32 Å². The number of nitrogens with one attached hydrogen (secondary N) is 1. The molecule has 0 amide bonds. The van der Waals surface area contributed by atoms with Crippen LogP contribution in [0.2, 0.25) is 0 Å². The maximum Gasteiger partial charge on any atom is 0.0621 e. The standard InChI is InChI=1S/C13H25NO/c1-9-4-5-10(6-9)8-14-11-7-12(15)13(11,2)3/h9-12,14-15H,4-8H2,1-3H3. The largest absolute Gasteiger partial charge is 0.392 e. The predicted octanol–water partition coefficient (Wildman–Crippen LogP) is 2.17. The lowest BCUT2D eigenvalue weighted by Gasteiger charge is -2.50. The van der Waals surface area contributed by atoms with Crippen LogP contribution in [-0.2, 0) is 0 Å². The number of hydrogen-bond donors (Lipinski definition) is 2. The molecule has 15 heavy (non-hydrogen) atoms. The molecule has 0 saturated heterocycles. The van der Waals surface area contributed by atoms with Crippen molar-refractivity contribution in [2.75, 3.05) is 6.54 Å². The quantitative estimate of drug-likeness (QED) is 0.750. The highest BCUT2D eigenvalue weighted by Crippen LogP contribution is 2.40. The average Bonchev–Trinajstić information content (AvgIpc) is 2.58. The lowest BCUT2D eigenvalue weighted by Crippen LogP contribution is -2.60. The van der Waals surface area contributed by atoms with E-state index in [1.54, 1.807) is 0 Å². The van der Waals surface area contributed by atoms with Crippen molar-refractivity contribution in [3.05, 3.63) is 0 Å². The van der Waals surface area contributed by atoms with E-state index in [-0.39, 0.29) is 11.5 Å². The van der Waals surface area contributed by atoms with Crippen LogP contribution in [-0.4, -0.2) is 23.8 Å². The number of aliphatic hydroxyl groups is 1. The van der Waals surface area contributed by atoms with Crippen LogP contribution in [0.4, 0.5) is 0 Å². The Morgan fingerprint density at radius 3 is 2.47 bits per heavy atom. The maximum atomic E-state index is 9.64. The molecule has 2 saturated carbocycles. The second kappa shape index (κ2) is 4.06. The molecule has 0 bridgehead atoms. The van der Waals surface area contributed by atoms with Crippen LogP contribution in [0.3, 0.4) is 0 Å². The van der Waals surface area contributed by atoms with Crippen LogP contribution >= 0.6 is 0 Å². The zero-order valence-electron chi connectivity index (χ0n) is 10.3. The molecule has 2 N–H and O–H groups in total. The highest BCUT2D eigenvalue weighted by atomic mass is 16.3. The van der Waals surface area contributed by atoms with E-state index >= 15 is 0 Å². The van der Waals surface area contributed by atoms with Gasteiger partial charge in [-0.15, -0.1) is 0 Å². The van der Waals surface area contributed by atoms with Crippen molar-refractivity contribution < 1.29 is 5.11 Å². The van der Waals surface area contributed by atoms with E-state index in [1.165, 1.54) is 19.3 Å². The van der Waals surface area contributed by atoms with Crippen molar-refractivity contribution >= 4 is 0 Å². The Kier molecular flexibility index (Phi) is 3.09. The second-order valence-corrected chi connectivity index (χ2v) is 6.32. The fraction of sp³-hybridized carbons (Fsp3) is 1.00. The third-order valence-corrected chi connectivity index (χ3v) is 4.67. The van der Waals surface area contributed by atoms with Gasteiger partial charge in [-0.3, -0.25) is 0 Å². The van der Waals surface area contributed by atoms with Gasteiger partial charge in [0.2, 0.25) is 0 Å². The van der Waals surface area contributed by atoms with Gasteiger partial charge < -0.3 is 10.4 Å². The zero-order valence-corrected chi connectivity index (χ0v) is 10.3. The van der Waals surface area contributed by atoms with Gasteiger partial charge in [-0.1, -0.05) is 27.2 Å². The van der Waals surface area contributed by atoms with Gasteiger partial charge >= 0.3 is 0 Å². The number of rotatable bonds is 3. The summed E-state index contributed by atoms with van der Waals surface area (Å²) in [7, 11) is 0. The van der Waals surface area contributed by atoms with Gasteiger partial charge in [0.25, 0.3) is 0 Å². The van der Waals surface area contributed by atoms with Crippen LogP contribution in [0.5, 0.6) is 0 Å². The summed E-state index contributed by atoms with van der Waals surface area (Å²) in [6, 6.07) is 0.531. The van der Waals surface area contributed by atoms with Crippen LogP contribution in [0.15, 0.2) is 0 Å². The Hall–Kier alpha value is -0.0800. The fourth-order valence-electron chi connectivity index (χ4n) is 3.07. The summed E-state index contributed by atoms with van der Waals surface area (Å²) in [6.45, 7) is 7.84. The van der Waals surface area contributed by atoms with E-state index < -0.39 is 0 Å². The van der Waals surface area contributed by atoms with Crippen LogP contribution in [0.1, 0.15) is 46.5 Å². The van der Waals surface area contributed by atoms with Gasteiger partial charge in [0, 0.05) is 11.5 Å². The van der Waals surface area contributed by atoms with Gasteiger partial charge in [-0.2, -0.15) is 0 Å². The fourth-order valence-corrected chi connectivity index (χ4v) is 3.07. The van der Waals surface area contributed by atoms with Crippen LogP contribution in [0.25, 0.3) is 0 Å². The van der Waals surface area contributed by atoms with Crippen molar-refractivity contribution in [3.8, 4) is 0 Å². The smallest absolute Gasteiger partial charge is 0.0621 e. The summed E-state index contributed by atoms with van der Waals surface area (Å²) in [4.78, 5) is 0. The molecule has 2 aliphatic carbocycles. The van der Waals surface area contributed by atoms with Crippen molar-refractivity contribution in [1.29, 1.82) is 0 Å². The molecule has 0 aromatic carbocycles. The summed E-state index contributed by atoms with van der Waals surface area (Å²) < 4.78 is 0. The topological polar surface area (TPSA) is 32.3 Å². The Bertz CT molecular complexity index is 227. The van der Waals surface area contributed by atoms with Crippen molar-refractivity contribution in [3.63, 3.8) is 0 Å². The Morgan fingerprint density at radius 1 is 1.27 bits per heavy atom. The molecule has 0 radical (unpaired) electrons. The minimum absolute atomic E-state index is 0.0875. The number of aliphatic hydroxyl groups excluding tert-OH is 1. The minimum Gasteiger partial charge on any atom is -0.392 e. The van der Waals surface area contributed by atoms with Crippen LogP contribution < -0.4 is 5.32 Å². The van der Waals surface area contributed by atoms with Gasteiger partial charge in [0.1, 0.15) is 0 Å². The zero-order chi connectivity index (χ0) is 11.1. The maximum absolute atomic E-state index is 9.64. The molecule has 2 rings (SSSR count). The monoisotopic (exact) mass is 211 g/mol. The Balaban J connectivity index is 1.71. The Morgan fingerprint density at radius 2 is 2.00 bits per heavy atom. The first-order valence-electron chi connectivity index (χ1n) is 6.41. The van der Waals surface area contributed by atoms with E-state index in [1.807, 2.05) is 0 Å². The van der Waals surface area contributed by atoms with E-state index in [9.17, 15) is 5.11 Å². The first kappa shape index (κ1) is 11.4. The molecule has 0 spiro atoms. The molecule has 2 nitrogen and oxygen atoms in total. The molecule has 0 aliphatic heterocycles. The summed E-state index contributed by atoms with van der Waals surface area (Å²) in [5, 5.41) is 13.3. The SMILES string of the molecule is CC1CCC(CNC2CC(O)C2(C)C)C1. The third-order valence-electron chi connectivity index (χ3n) is 4.67. The second-order valence-electron chi connectivity index (χ2n) is 6.32. The van der Waals surface area contributed by atoms with Crippen LogP contribution in [0, 0.1) is 17.3 Å². The lowest BCUT2D eigenvalue weighted by molar-refractivity contribution is -0.0732. The third kappa shape index (κ3) is 2.21. The molecule has 2 fully saturated rings. The van der Waals surface area contributed by atoms with E-state index in [0.29, 0.717) is 6.04 Å². The normalized spacial score (nSPS) is 44.0. The molecule has 0 aromatic heterocycles. The molecule has 4 atom stereocenters. The van der Waals surface area contributed by atoms with Gasteiger partial charge in [-0.25, -0.2) is 0 Å². The van der Waals surface area contributed by atoms with Crippen molar-refractivity contribution in [2.24, 2.45) is 17.3 Å². The van der Waals surface area contributed by atoms with Crippen molar-refractivity contribution in [2.45, 2.75) is 58.6 Å². The molecule has 4 unspecified atom stereocenters. The number of hydrogen-bond acceptors (Lipinski definition) is 2. The molecule has 0 heterocycles. The minimum atomic E-state index is -0.0995. The summed E-state index contributed by atoms with van der Waals surface area (Å²) in [5.74, 6) is 1.81. The first-order valence-corrected chi connectivity index (χ1v) is 6.41. The van der Waals surface area contributed by atoms with Gasteiger partial charge in [0.15, 0.2) is 0 Å². The van der Waals surface area contributed by atoms with Gasteiger partial charge in [-0.05, 0) is 37.6 Å². The van der Waals surface area contributed by atoms with E-state index in [2.05, 4.69) is 26.1 Å². The highest BCUT2D eigenvalue weighted by Gasteiger charge is 2.47. The summed E-state index contributed by atoms with van der Waals surface area (Å²) in [6.07, 6.45) is 5.03. The van der Waals surface area contributed by atoms with E-state index in [4.69, 9.17) is 0 Å². The Labute approximate surface area is 93.5 Å². The highest BCUT2D eigenvalue weighted by molar-refractivity contribution is 5.01. The predicted molar refractivity (Wildman–Crippen MR) is 62.7 cm³/mol. The molecule has 0 aromatic rings. The molecule has 2 aliphatic rings. The lowest BCUT2D eigenvalue weighted by atomic mass is 9.64. The summed E-state index contributed by atoms with van der Waals surface area (Å²) >= 11 is 0. The average molecular weight is 211 g/mol. The summed E-state index contributed by atoms with van der Waals surface area (Å²) in [5.41, 5.74) is 0.0875. The molecule has 2 heteroatoms. The molecule has 88 valence electrons. The van der Waals surface area contributed by atoms with E-state index in [0.717, 1.165) is 24.8 Å². The first-order chi connectivity index (χ1) is 7.00. The molecular weight excluding hydrogens is 186 g/mol. The van der Waals surface area contributed by atoms with Gasteiger partial charge in [0.05, 0.1) is 6.10 Å².